The molecule has 5 nitrogen and oxygen atoms in total. The highest BCUT2D eigenvalue weighted by Crippen LogP contribution is 2.19. The minimum atomic E-state index is -0.103. The Balaban J connectivity index is 1.47. The van der Waals surface area contributed by atoms with E-state index >= 15 is 0 Å². The lowest BCUT2D eigenvalue weighted by atomic mass is 10.0. The topological polar surface area (TPSA) is 58.1 Å². The predicted molar refractivity (Wildman–Crippen MR) is 103 cm³/mol. The first-order valence-electron chi connectivity index (χ1n) is 9.14. The molecular formula is C21H22N4O. The van der Waals surface area contributed by atoms with Gasteiger partial charge in [0, 0.05) is 24.8 Å². The number of piperidine rings is 1. The van der Waals surface area contributed by atoms with Crippen LogP contribution in [0.1, 0.15) is 35.4 Å². The molecule has 1 saturated heterocycles. The minimum absolute atomic E-state index is 0.103. The molecule has 4 rings (SSSR count). The molecule has 1 aliphatic rings. The smallest absolute Gasteiger partial charge is 0.252 e. The summed E-state index contributed by atoms with van der Waals surface area (Å²) < 4.78 is 0. The summed E-state index contributed by atoms with van der Waals surface area (Å²) in [6.45, 7) is 2.40. The van der Waals surface area contributed by atoms with Gasteiger partial charge in [0.15, 0.2) is 0 Å². The second-order valence-electron chi connectivity index (χ2n) is 6.59. The van der Waals surface area contributed by atoms with Crippen molar-refractivity contribution in [3.05, 3.63) is 66.1 Å². The Morgan fingerprint density at radius 3 is 2.69 bits per heavy atom. The molecule has 2 heterocycles. The maximum atomic E-state index is 12.6. The van der Waals surface area contributed by atoms with Gasteiger partial charge in [0.05, 0.1) is 6.54 Å². The molecule has 0 bridgehead atoms. The molecule has 0 atom stereocenters. The van der Waals surface area contributed by atoms with Crippen LogP contribution in [0.15, 0.2) is 54.7 Å². The minimum Gasteiger partial charge on any atom is -0.357 e. The fourth-order valence-corrected chi connectivity index (χ4v) is 3.45. The lowest BCUT2D eigenvalue weighted by Gasteiger charge is -2.27. The Labute approximate surface area is 153 Å². The molecule has 132 valence electrons. The SMILES string of the molecule is O=C(NCc1nccc(N2CCCCC2)n1)c1cccc2ccccc12. The molecule has 1 N–H and O–H groups in total. The van der Waals surface area contributed by atoms with Crippen LogP contribution in [0.3, 0.4) is 0 Å². The van der Waals surface area contributed by atoms with Gasteiger partial charge in [-0.05, 0) is 42.2 Å². The second kappa shape index (κ2) is 7.52. The molecule has 5 heteroatoms. The first kappa shape index (κ1) is 16.5. The Morgan fingerprint density at radius 1 is 1.00 bits per heavy atom. The monoisotopic (exact) mass is 346 g/mol. The number of fused-ring (bicyclic) bond motifs is 1. The maximum Gasteiger partial charge on any atom is 0.252 e. The summed E-state index contributed by atoms with van der Waals surface area (Å²) in [6, 6.07) is 15.6. The number of carbonyl (C=O) groups is 1. The van der Waals surface area contributed by atoms with Crippen LogP contribution < -0.4 is 10.2 Å². The molecule has 0 spiro atoms. The molecular weight excluding hydrogens is 324 g/mol. The van der Waals surface area contributed by atoms with E-state index in [9.17, 15) is 4.79 Å². The number of amides is 1. The summed E-state index contributed by atoms with van der Waals surface area (Å²) in [5.74, 6) is 1.49. The summed E-state index contributed by atoms with van der Waals surface area (Å²) in [5, 5.41) is 4.97. The first-order valence-corrected chi connectivity index (χ1v) is 9.14. The quantitative estimate of drug-likeness (QED) is 0.785. The molecule has 1 aliphatic heterocycles. The van der Waals surface area contributed by atoms with E-state index in [-0.39, 0.29) is 5.91 Å². The fraction of sp³-hybridized carbons (Fsp3) is 0.286. The molecule has 1 aromatic heterocycles. The molecule has 2 aromatic carbocycles. The van der Waals surface area contributed by atoms with E-state index in [0.717, 1.165) is 29.7 Å². The molecule has 26 heavy (non-hydrogen) atoms. The number of aromatic nitrogens is 2. The van der Waals surface area contributed by atoms with Crippen LogP contribution in [-0.2, 0) is 6.54 Å². The maximum absolute atomic E-state index is 12.6. The highest BCUT2D eigenvalue weighted by molar-refractivity contribution is 6.06. The van der Waals surface area contributed by atoms with E-state index in [0.29, 0.717) is 17.9 Å². The van der Waals surface area contributed by atoms with Crippen molar-refractivity contribution < 1.29 is 4.79 Å². The van der Waals surface area contributed by atoms with Crippen LogP contribution in [0.25, 0.3) is 10.8 Å². The Hall–Kier alpha value is -2.95. The molecule has 3 aromatic rings. The molecule has 1 fully saturated rings. The average molecular weight is 346 g/mol. The molecule has 1 amide bonds. The zero-order valence-electron chi connectivity index (χ0n) is 14.7. The summed E-state index contributed by atoms with van der Waals surface area (Å²) in [5.41, 5.74) is 0.676. The van der Waals surface area contributed by atoms with Crippen LogP contribution in [0.5, 0.6) is 0 Å². The normalized spacial score (nSPS) is 14.4. The van der Waals surface area contributed by atoms with Gasteiger partial charge in [-0.3, -0.25) is 4.79 Å². The number of carbonyl (C=O) groups excluding carboxylic acids is 1. The van der Waals surface area contributed by atoms with Crippen molar-refractivity contribution in [1.29, 1.82) is 0 Å². The van der Waals surface area contributed by atoms with E-state index < -0.39 is 0 Å². The van der Waals surface area contributed by atoms with Gasteiger partial charge < -0.3 is 10.2 Å². The number of hydrogen-bond donors (Lipinski definition) is 1. The molecule has 0 aliphatic carbocycles. The number of hydrogen-bond acceptors (Lipinski definition) is 4. The number of benzene rings is 2. The van der Waals surface area contributed by atoms with Crippen LogP contribution >= 0.6 is 0 Å². The van der Waals surface area contributed by atoms with Gasteiger partial charge >= 0.3 is 0 Å². The van der Waals surface area contributed by atoms with Crippen LogP contribution in [-0.4, -0.2) is 29.0 Å². The Bertz CT molecular complexity index is 913. The standard InChI is InChI=1S/C21H22N4O/c26-21(18-10-6-8-16-7-2-3-9-17(16)18)23-15-19-22-12-11-20(24-19)25-13-4-1-5-14-25/h2-3,6-12H,1,4-5,13-15H2,(H,23,26). The third-order valence-corrected chi connectivity index (χ3v) is 4.81. The van der Waals surface area contributed by atoms with Crippen molar-refractivity contribution >= 4 is 22.5 Å². The van der Waals surface area contributed by atoms with E-state index in [1.54, 1.807) is 6.20 Å². The van der Waals surface area contributed by atoms with Gasteiger partial charge in [-0.1, -0.05) is 36.4 Å². The van der Waals surface area contributed by atoms with Gasteiger partial charge in [0.2, 0.25) is 0 Å². The summed E-state index contributed by atoms with van der Waals surface area (Å²) in [6.07, 6.45) is 5.47. The van der Waals surface area contributed by atoms with Gasteiger partial charge in [-0.15, -0.1) is 0 Å². The van der Waals surface area contributed by atoms with Gasteiger partial charge in [0.25, 0.3) is 5.91 Å². The van der Waals surface area contributed by atoms with Gasteiger partial charge in [-0.2, -0.15) is 0 Å². The van der Waals surface area contributed by atoms with E-state index in [4.69, 9.17) is 0 Å². The van der Waals surface area contributed by atoms with Crippen LogP contribution in [0, 0.1) is 0 Å². The first-order chi connectivity index (χ1) is 12.8. The van der Waals surface area contributed by atoms with E-state index in [1.165, 1.54) is 19.3 Å². The van der Waals surface area contributed by atoms with Crippen molar-refractivity contribution in [1.82, 2.24) is 15.3 Å². The summed E-state index contributed by atoms with van der Waals surface area (Å²) in [7, 11) is 0. The Kier molecular flexibility index (Phi) is 4.78. The highest BCUT2D eigenvalue weighted by atomic mass is 16.1. The summed E-state index contributed by atoms with van der Waals surface area (Å²) in [4.78, 5) is 23.9. The average Bonchev–Trinajstić information content (AvgIpc) is 2.72. The zero-order valence-corrected chi connectivity index (χ0v) is 14.7. The molecule has 0 radical (unpaired) electrons. The summed E-state index contributed by atoms with van der Waals surface area (Å²) >= 11 is 0. The number of rotatable bonds is 4. The largest absolute Gasteiger partial charge is 0.357 e. The lowest BCUT2D eigenvalue weighted by molar-refractivity contribution is 0.0951. The van der Waals surface area contributed by atoms with Crippen molar-refractivity contribution in [3.8, 4) is 0 Å². The molecule has 0 unspecified atom stereocenters. The molecule has 0 saturated carbocycles. The number of nitrogens with zero attached hydrogens (tertiary/aromatic N) is 3. The van der Waals surface area contributed by atoms with Crippen LogP contribution in [0.4, 0.5) is 5.82 Å². The lowest BCUT2D eigenvalue weighted by Crippen LogP contribution is -2.31. The van der Waals surface area contributed by atoms with E-state index in [1.807, 2.05) is 48.5 Å². The predicted octanol–water partition coefficient (Wildman–Crippen LogP) is 3.55. The van der Waals surface area contributed by atoms with Gasteiger partial charge in [-0.25, -0.2) is 9.97 Å². The number of nitrogens with one attached hydrogen (secondary N) is 1. The zero-order chi connectivity index (χ0) is 17.8. The van der Waals surface area contributed by atoms with Crippen molar-refractivity contribution in [2.45, 2.75) is 25.8 Å². The third-order valence-electron chi connectivity index (χ3n) is 4.81. The van der Waals surface area contributed by atoms with E-state index in [2.05, 4.69) is 20.2 Å². The number of anilines is 1. The Morgan fingerprint density at radius 2 is 1.81 bits per heavy atom. The highest BCUT2D eigenvalue weighted by Gasteiger charge is 2.14. The second-order valence-corrected chi connectivity index (χ2v) is 6.59. The van der Waals surface area contributed by atoms with Crippen molar-refractivity contribution in [3.63, 3.8) is 0 Å². The van der Waals surface area contributed by atoms with Gasteiger partial charge in [0.1, 0.15) is 11.6 Å². The van der Waals surface area contributed by atoms with Crippen molar-refractivity contribution in [2.75, 3.05) is 18.0 Å². The third kappa shape index (κ3) is 3.52. The van der Waals surface area contributed by atoms with Crippen molar-refractivity contribution in [2.24, 2.45) is 0 Å². The van der Waals surface area contributed by atoms with Crippen LogP contribution in [0.2, 0.25) is 0 Å². The fourth-order valence-electron chi connectivity index (χ4n) is 3.45.